The fourth-order valence-electron chi connectivity index (χ4n) is 1.67. The molecule has 2 N–H and O–H groups in total. The van der Waals surface area contributed by atoms with Crippen molar-refractivity contribution in [1.29, 1.82) is 0 Å². The Labute approximate surface area is 128 Å². The van der Waals surface area contributed by atoms with E-state index in [1.165, 1.54) is 29.4 Å². The number of aromatic amines is 1. The van der Waals surface area contributed by atoms with Crippen LogP contribution in [0.5, 0.6) is 0 Å². The number of carbonyl (C=O) groups excluding carboxylic acids is 1. The molecule has 7 nitrogen and oxygen atoms in total. The summed E-state index contributed by atoms with van der Waals surface area (Å²) in [5, 5.41) is 4.13. The van der Waals surface area contributed by atoms with Crippen LogP contribution in [0.2, 0.25) is 0 Å². The highest BCUT2D eigenvalue weighted by molar-refractivity contribution is 8.00. The Bertz CT molecular complexity index is 777. The molecule has 0 fully saturated rings. The third-order valence-corrected chi connectivity index (χ3v) is 4.78. The maximum atomic E-state index is 11.9. The van der Waals surface area contributed by atoms with Crippen molar-refractivity contribution in [2.75, 3.05) is 11.1 Å². The largest absolute Gasteiger partial charge is 0.341 e. The lowest BCUT2D eigenvalue weighted by molar-refractivity contribution is -0.113. The van der Waals surface area contributed by atoms with Crippen LogP contribution < -0.4 is 5.32 Å². The number of aromatic nitrogens is 5. The van der Waals surface area contributed by atoms with Crippen molar-refractivity contribution in [1.82, 2.24) is 24.9 Å². The number of nitrogens with zero attached hydrogens (tertiary/aromatic N) is 4. The zero-order valence-corrected chi connectivity index (χ0v) is 13.0. The molecule has 0 atom stereocenters. The highest BCUT2D eigenvalue weighted by Crippen LogP contribution is 2.23. The standard InChI is InChI=1S/C12H12N6OS2/c1-6-7(2)21-12(17-6)18-8(19)3-20-11-9-10(14-4-13-9)15-5-16-11/h4-5H,3H2,1-2H3,(H,17,18,19)(H,13,14,15,16). The summed E-state index contributed by atoms with van der Waals surface area (Å²) >= 11 is 2.81. The van der Waals surface area contributed by atoms with E-state index < -0.39 is 0 Å². The molecular formula is C12H12N6OS2. The number of thioether (sulfide) groups is 1. The summed E-state index contributed by atoms with van der Waals surface area (Å²) < 4.78 is 0. The minimum atomic E-state index is -0.111. The quantitative estimate of drug-likeness (QED) is 0.565. The summed E-state index contributed by atoms with van der Waals surface area (Å²) in [6, 6.07) is 0. The number of thiazole rings is 1. The third kappa shape index (κ3) is 3.03. The Morgan fingerprint density at radius 3 is 3.00 bits per heavy atom. The second kappa shape index (κ2) is 5.78. The maximum Gasteiger partial charge on any atom is 0.236 e. The van der Waals surface area contributed by atoms with Gasteiger partial charge in [0.2, 0.25) is 5.91 Å². The molecule has 0 bridgehead atoms. The van der Waals surface area contributed by atoms with E-state index in [1.54, 1.807) is 6.33 Å². The van der Waals surface area contributed by atoms with Crippen molar-refractivity contribution in [3.05, 3.63) is 23.2 Å². The van der Waals surface area contributed by atoms with E-state index in [9.17, 15) is 4.79 Å². The molecule has 21 heavy (non-hydrogen) atoms. The molecule has 3 rings (SSSR count). The number of hydrogen-bond donors (Lipinski definition) is 2. The molecule has 1 amide bonds. The van der Waals surface area contributed by atoms with Gasteiger partial charge in [0, 0.05) is 4.88 Å². The second-order valence-corrected chi connectivity index (χ2v) is 6.44. The van der Waals surface area contributed by atoms with Crippen LogP contribution in [0.15, 0.2) is 17.7 Å². The average molecular weight is 320 g/mol. The minimum Gasteiger partial charge on any atom is -0.341 e. The van der Waals surface area contributed by atoms with Gasteiger partial charge in [0.25, 0.3) is 0 Å². The number of nitrogens with one attached hydrogen (secondary N) is 2. The lowest BCUT2D eigenvalue weighted by atomic mass is 10.4. The lowest BCUT2D eigenvalue weighted by Crippen LogP contribution is -2.14. The van der Waals surface area contributed by atoms with Gasteiger partial charge in [-0.1, -0.05) is 11.8 Å². The Morgan fingerprint density at radius 1 is 1.38 bits per heavy atom. The second-order valence-electron chi connectivity index (χ2n) is 4.28. The number of rotatable bonds is 4. The van der Waals surface area contributed by atoms with Gasteiger partial charge >= 0.3 is 0 Å². The Morgan fingerprint density at radius 2 is 2.24 bits per heavy atom. The number of fused-ring (bicyclic) bond motifs is 1. The third-order valence-electron chi connectivity index (χ3n) is 2.80. The van der Waals surface area contributed by atoms with Gasteiger partial charge < -0.3 is 10.3 Å². The predicted octanol–water partition coefficient (Wildman–Crippen LogP) is 2.16. The first-order chi connectivity index (χ1) is 10.1. The van der Waals surface area contributed by atoms with E-state index in [1.807, 2.05) is 13.8 Å². The Kier molecular flexibility index (Phi) is 3.84. The van der Waals surface area contributed by atoms with Crippen molar-refractivity contribution >= 4 is 45.3 Å². The van der Waals surface area contributed by atoms with Crippen LogP contribution >= 0.6 is 23.1 Å². The van der Waals surface area contributed by atoms with E-state index in [0.29, 0.717) is 15.8 Å². The van der Waals surface area contributed by atoms with Gasteiger partial charge in [0.05, 0.1) is 17.8 Å². The fourth-order valence-corrected chi connectivity index (χ4v) is 3.25. The van der Waals surface area contributed by atoms with Crippen LogP contribution in [-0.4, -0.2) is 36.6 Å². The van der Waals surface area contributed by atoms with Crippen molar-refractivity contribution in [2.24, 2.45) is 0 Å². The van der Waals surface area contributed by atoms with E-state index in [-0.39, 0.29) is 11.7 Å². The summed E-state index contributed by atoms with van der Waals surface area (Å²) in [6.45, 7) is 3.90. The number of carbonyl (C=O) groups is 1. The first-order valence-electron chi connectivity index (χ1n) is 6.14. The maximum absolute atomic E-state index is 11.9. The molecule has 0 spiro atoms. The fraction of sp³-hybridized carbons (Fsp3) is 0.250. The molecule has 0 saturated heterocycles. The molecule has 9 heteroatoms. The lowest BCUT2D eigenvalue weighted by Gasteiger charge is -2.02. The van der Waals surface area contributed by atoms with Gasteiger partial charge in [0.1, 0.15) is 16.9 Å². The van der Waals surface area contributed by atoms with E-state index >= 15 is 0 Å². The minimum absolute atomic E-state index is 0.111. The van der Waals surface area contributed by atoms with Gasteiger partial charge in [-0.25, -0.2) is 19.9 Å². The summed E-state index contributed by atoms with van der Waals surface area (Å²) in [5.74, 6) is 0.142. The molecule has 0 radical (unpaired) electrons. The summed E-state index contributed by atoms with van der Waals surface area (Å²) in [6.07, 6.45) is 3.00. The Hall–Kier alpha value is -2.00. The average Bonchev–Trinajstić information content (AvgIpc) is 3.04. The van der Waals surface area contributed by atoms with E-state index in [4.69, 9.17) is 0 Å². The first-order valence-corrected chi connectivity index (χ1v) is 7.94. The van der Waals surface area contributed by atoms with Crippen molar-refractivity contribution in [3.8, 4) is 0 Å². The number of amides is 1. The molecule has 0 aliphatic rings. The normalized spacial score (nSPS) is 11.0. The van der Waals surface area contributed by atoms with Crippen molar-refractivity contribution in [2.45, 2.75) is 18.9 Å². The molecule has 3 heterocycles. The van der Waals surface area contributed by atoms with Gasteiger partial charge in [-0.15, -0.1) is 11.3 Å². The molecule has 3 aromatic heterocycles. The molecule has 108 valence electrons. The van der Waals surface area contributed by atoms with Crippen molar-refractivity contribution in [3.63, 3.8) is 0 Å². The predicted molar refractivity (Wildman–Crippen MR) is 82.6 cm³/mol. The van der Waals surface area contributed by atoms with Gasteiger partial charge in [-0.2, -0.15) is 0 Å². The van der Waals surface area contributed by atoms with E-state index in [2.05, 4.69) is 30.2 Å². The van der Waals surface area contributed by atoms with Crippen LogP contribution in [0.1, 0.15) is 10.6 Å². The molecule has 3 aromatic rings. The summed E-state index contributed by atoms with van der Waals surface area (Å²) in [7, 11) is 0. The summed E-state index contributed by atoms with van der Waals surface area (Å²) in [4.78, 5) is 32.6. The zero-order valence-electron chi connectivity index (χ0n) is 11.4. The zero-order chi connectivity index (χ0) is 14.8. The molecule has 0 unspecified atom stereocenters. The number of aryl methyl sites for hydroxylation is 2. The smallest absolute Gasteiger partial charge is 0.236 e. The Balaban J connectivity index is 1.64. The summed E-state index contributed by atoms with van der Waals surface area (Å²) in [5.41, 5.74) is 2.29. The van der Waals surface area contributed by atoms with Crippen LogP contribution in [0, 0.1) is 13.8 Å². The topological polar surface area (TPSA) is 96.5 Å². The monoisotopic (exact) mass is 320 g/mol. The number of anilines is 1. The number of imidazole rings is 1. The number of H-pyrrole nitrogens is 1. The molecule has 0 aromatic carbocycles. The van der Waals surface area contributed by atoms with Gasteiger partial charge in [-0.05, 0) is 13.8 Å². The SMILES string of the molecule is Cc1nc(NC(=O)CSc2ncnc3nc[nH]c23)sc1C. The first kappa shape index (κ1) is 14.0. The molecule has 0 saturated carbocycles. The molecular weight excluding hydrogens is 308 g/mol. The molecule has 0 aliphatic heterocycles. The highest BCUT2D eigenvalue weighted by Gasteiger charge is 2.11. The van der Waals surface area contributed by atoms with Crippen LogP contribution in [-0.2, 0) is 4.79 Å². The molecule has 0 aliphatic carbocycles. The van der Waals surface area contributed by atoms with Crippen LogP contribution in [0.4, 0.5) is 5.13 Å². The number of hydrogen-bond acceptors (Lipinski definition) is 7. The van der Waals surface area contributed by atoms with Gasteiger partial charge in [0.15, 0.2) is 10.8 Å². The van der Waals surface area contributed by atoms with E-state index in [0.717, 1.165) is 16.1 Å². The van der Waals surface area contributed by atoms with Crippen molar-refractivity contribution < 1.29 is 4.79 Å². The highest BCUT2D eigenvalue weighted by atomic mass is 32.2. The van der Waals surface area contributed by atoms with Gasteiger partial charge in [-0.3, -0.25) is 4.79 Å². The van der Waals surface area contributed by atoms with Crippen LogP contribution in [0.3, 0.4) is 0 Å². The van der Waals surface area contributed by atoms with Crippen LogP contribution in [0.25, 0.3) is 11.2 Å².